The number of carbonyl (C=O) groups is 1. The lowest BCUT2D eigenvalue weighted by Gasteiger charge is -2.15. The van der Waals surface area contributed by atoms with Crippen molar-refractivity contribution in [3.05, 3.63) is 5.82 Å². The number of rotatable bonds is 21. The predicted octanol–water partition coefficient (Wildman–Crippen LogP) is 5.50. The zero-order chi connectivity index (χ0) is 23.3. The summed E-state index contributed by atoms with van der Waals surface area (Å²) in [5, 5.41) is 23.3. The van der Waals surface area contributed by atoms with Crippen LogP contribution in [0.15, 0.2) is 0 Å². The topological polar surface area (TPSA) is 102 Å². The molecule has 1 unspecified atom stereocenters. The Kier molecular flexibility index (Phi) is 17.7. The number of aromatic nitrogens is 4. The lowest BCUT2D eigenvalue weighted by molar-refractivity contribution is 0.101. The first-order valence-electron chi connectivity index (χ1n) is 12.9. The van der Waals surface area contributed by atoms with E-state index in [1.54, 1.807) is 6.92 Å². The lowest BCUT2D eigenvalue weighted by Crippen LogP contribution is -2.29. The second-order valence-corrected chi connectivity index (χ2v) is 8.84. The third kappa shape index (κ3) is 14.4. The van der Waals surface area contributed by atoms with E-state index in [4.69, 9.17) is 4.74 Å². The molecule has 0 aliphatic heterocycles. The first kappa shape index (κ1) is 28.3. The van der Waals surface area contributed by atoms with E-state index in [0.717, 1.165) is 12.8 Å². The van der Waals surface area contributed by atoms with E-state index < -0.39 is 12.1 Å². The van der Waals surface area contributed by atoms with Crippen molar-refractivity contribution >= 4 is 6.09 Å². The Labute approximate surface area is 194 Å². The molecule has 0 radical (unpaired) electrons. The third-order valence-electron chi connectivity index (χ3n) is 5.92. The van der Waals surface area contributed by atoms with Gasteiger partial charge in [-0.2, -0.15) is 0 Å². The molecule has 1 aromatic heterocycles. The fourth-order valence-corrected chi connectivity index (χ4v) is 3.86. The lowest BCUT2D eigenvalue weighted by atomic mass is 10.0. The summed E-state index contributed by atoms with van der Waals surface area (Å²) in [7, 11) is 0. The van der Waals surface area contributed by atoms with Crippen LogP contribution in [0.5, 0.6) is 0 Å². The van der Waals surface area contributed by atoms with Gasteiger partial charge in [-0.05, 0) is 23.8 Å². The molecule has 0 aliphatic rings. The Hall–Kier alpha value is -1.70. The minimum atomic E-state index is -0.466. The maximum Gasteiger partial charge on any atom is 0.407 e. The molecule has 1 atom stereocenters. The molecule has 2 N–H and O–H groups in total. The number of nitrogens with one attached hydrogen (secondary N) is 1. The van der Waals surface area contributed by atoms with Crippen molar-refractivity contribution in [2.75, 3.05) is 19.8 Å². The van der Waals surface area contributed by atoms with Crippen LogP contribution in [-0.4, -0.2) is 51.2 Å². The van der Waals surface area contributed by atoms with Gasteiger partial charge in [-0.15, -0.1) is 5.10 Å². The number of hydrogen-bond donors (Lipinski definition) is 2. The second kappa shape index (κ2) is 19.9. The largest absolute Gasteiger partial charge is 0.447 e. The molecule has 1 rings (SSSR count). The van der Waals surface area contributed by atoms with Gasteiger partial charge in [0.25, 0.3) is 0 Å². The number of aliphatic hydroxyl groups is 1. The van der Waals surface area contributed by atoms with Crippen LogP contribution in [-0.2, 0) is 4.74 Å². The summed E-state index contributed by atoms with van der Waals surface area (Å²) in [6.45, 7) is 4.46. The number of aryl methyl sites for hydroxylation is 1. The molecule has 0 aliphatic carbocycles. The summed E-state index contributed by atoms with van der Waals surface area (Å²) < 4.78 is 6.64. The average Bonchev–Trinajstić information content (AvgIpc) is 3.22. The molecule has 0 bridgehead atoms. The van der Waals surface area contributed by atoms with Crippen molar-refractivity contribution in [1.82, 2.24) is 25.5 Å². The van der Waals surface area contributed by atoms with Crippen LogP contribution in [0.2, 0.25) is 0 Å². The molecule has 0 saturated heterocycles. The van der Waals surface area contributed by atoms with Gasteiger partial charge in [-0.1, -0.05) is 103 Å². The summed E-state index contributed by atoms with van der Waals surface area (Å²) in [6.07, 6.45) is 20.8. The minimum absolute atomic E-state index is 0.0349. The highest BCUT2D eigenvalue weighted by atomic mass is 16.5. The van der Waals surface area contributed by atoms with Gasteiger partial charge in [0.15, 0.2) is 0 Å². The van der Waals surface area contributed by atoms with Crippen molar-refractivity contribution in [2.45, 2.75) is 123 Å². The van der Waals surface area contributed by atoms with Crippen molar-refractivity contribution in [3.8, 4) is 0 Å². The van der Waals surface area contributed by atoms with Crippen LogP contribution in [0.1, 0.15) is 122 Å². The van der Waals surface area contributed by atoms with Crippen LogP contribution in [0.4, 0.5) is 4.79 Å². The molecule has 1 heterocycles. The molecule has 0 aromatic carbocycles. The number of ether oxygens (including phenoxy) is 1. The minimum Gasteiger partial charge on any atom is -0.447 e. The summed E-state index contributed by atoms with van der Waals surface area (Å²) in [4.78, 5) is 11.8. The molecule has 0 fully saturated rings. The fourth-order valence-electron chi connectivity index (χ4n) is 3.86. The van der Waals surface area contributed by atoms with Gasteiger partial charge < -0.3 is 15.2 Å². The van der Waals surface area contributed by atoms with E-state index >= 15 is 0 Å². The number of alkyl carbamates (subject to hydrolysis) is 1. The SMILES string of the molecule is CCCCCCCCCCCCCCCCCCNC(=O)OCC(CO)n1nnnc1C. The average molecular weight is 454 g/mol. The normalized spacial score (nSPS) is 12.1. The van der Waals surface area contributed by atoms with Crippen molar-refractivity contribution in [3.63, 3.8) is 0 Å². The molecule has 8 heteroatoms. The Bertz CT molecular complexity index is 568. The molecule has 1 aromatic rings. The van der Waals surface area contributed by atoms with E-state index in [0.29, 0.717) is 12.4 Å². The Morgan fingerprint density at radius 1 is 0.906 bits per heavy atom. The molecular weight excluding hydrogens is 406 g/mol. The number of hydrogen-bond acceptors (Lipinski definition) is 6. The van der Waals surface area contributed by atoms with Crippen molar-refractivity contribution < 1.29 is 14.6 Å². The zero-order valence-electron chi connectivity index (χ0n) is 20.6. The standard InChI is InChI=1S/C24H47N5O3/c1-3-4-5-6-7-8-9-10-11-12-13-14-15-16-17-18-19-25-24(31)32-21-23(20-30)29-22(2)26-27-28-29/h23,30H,3-21H2,1-2H3,(H,25,31). The van der Waals surface area contributed by atoms with Gasteiger partial charge in [0.2, 0.25) is 0 Å². The van der Waals surface area contributed by atoms with Gasteiger partial charge in [-0.25, -0.2) is 9.48 Å². The quantitative estimate of drug-likeness (QED) is 0.238. The molecule has 186 valence electrons. The number of amides is 1. The highest BCUT2D eigenvalue weighted by Gasteiger charge is 2.16. The smallest absolute Gasteiger partial charge is 0.407 e. The Morgan fingerprint density at radius 2 is 1.41 bits per heavy atom. The van der Waals surface area contributed by atoms with E-state index in [1.165, 1.54) is 94.6 Å². The van der Waals surface area contributed by atoms with Crippen molar-refractivity contribution in [2.24, 2.45) is 0 Å². The summed E-state index contributed by atoms with van der Waals surface area (Å²) in [5.41, 5.74) is 0. The molecule has 8 nitrogen and oxygen atoms in total. The van der Waals surface area contributed by atoms with Gasteiger partial charge in [0.1, 0.15) is 18.5 Å². The van der Waals surface area contributed by atoms with E-state index in [-0.39, 0.29) is 13.2 Å². The predicted molar refractivity (Wildman–Crippen MR) is 128 cm³/mol. The zero-order valence-corrected chi connectivity index (χ0v) is 20.6. The summed E-state index contributed by atoms with van der Waals surface area (Å²) in [5.74, 6) is 0.571. The maximum atomic E-state index is 11.8. The number of unbranched alkanes of at least 4 members (excludes halogenated alkanes) is 15. The van der Waals surface area contributed by atoms with Crippen LogP contribution in [0.25, 0.3) is 0 Å². The van der Waals surface area contributed by atoms with Crippen LogP contribution in [0.3, 0.4) is 0 Å². The first-order valence-corrected chi connectivity index (χ1v) is 12.9. The molecule has 1 amide bonds. The van der Waals surface area contributed by atoms with Crippen LogP contribution < -0.4 is 5.32 Å². The van der Waals surface area contributed by atoms with Crippen LogP contribution >= 0.6 is 0 Å². The summed E-state index contributed by atoms with van der Waals surface area (Å²) >= 11 is 0. The number of nitrogens with zero attached hydrogens (tertiary/aromatic N) is 4. The molecular formula is C24H47N5O3. The second-order valence-electron chi connectivity index (χ2n) is 8.84. The van der Waals surface area contributed by atoms with E-state index in [1.807, 2.05) is 0 Å². The number of tetrazole rings is 1. The van der Waals surface area contributed by atoms with Crippen LogP contribution in [0, 0.1) is 6.92 Å². The van der Waals surface area contributed by atoms with Gasteiger partial charge in [-0.3, -0.25) is 0 Å². The van der Waals surface area contributed by atoms with E-state index in [2.05, 4.69) is 27.8 Å². The molecule has 32 heavy (non-hydrogen) atoms. The van der Waals surface area contributed by atoms with Gasteiger partial charge >= 0.3 is 6.09 Å². The van der Waals surface area contributed by atoms with E-state index in [9.17, 15) is 9.90 Å². The highest BCUT2D eigenvalue weighted by molar-refractivity contribution is 5.67. The highest BCUT2D eigenvalue weighted by Crippen LogP contribution is 2.13. The molecule has 0 spiro atoms. The Morgan fingerprint density at radius 3 is 1.84 bits per heavy atom. The summed E-state index contributed by atoms with van der Waals surface area (Å²) in [6, 6.07) is -0.466. The Balaban J connectivity index is 1.84. The number of carbonyl (C=O) groups excluding carboxylic acids is 1. The number of aliphatic hydroxyl groups excluding tert-OH is 1. The van der Waals surface area contributed by atoms with Gasteiger partial charge in [0, 0.05) is 6.54 Å². The maximum absolute atomic E-state index is 11.8. The fraction of sp³-hybridized carbons (Fsp3) is 0.917. The molecule has 0 saturated carbocycles. The first-order chi connectivity index (χ1) is 15.7. The van der Waals surface area contributed by atoms with Crippen molar-refractivity contribution in [1.29, 1.82) is 0 Å². The van der Waals surface area contributed by atoms with Gasteiger partial charge in [0.05, 0.1) is 6.61 Å². The monoisotopic (exact) mass is 453 g/mol. The third-order valence-corrected chi connectivity index (χ3v) is 5.92.